The van der Waals surface area contributed by atoms with Gasteiger partial charge in [0.2, 0.25) is 0 Å². The lowest BCUT2D eigenvalue weighted by molar-refractivity contribution is 0.627. The van der Waals surface area contributed by atoms with Crippen LogP contribution in [0.5, 0.6) is 0 Å². The largest absolute Gasteiger partial charge is 0.347 e. The van der Waals surface area contributed by atoms with Crippen molar-refractivity contribution in [1.29, 1.82) is 0 Å². The van der Waals surface area contributed by atoms with Crippen LogP contribution in [0.2, 0.25) is 0 Å². The molecule has 2 aromatic rings. The van der Waals surface area contributed by atoms with Crippen molar-refractivity contribution in [2.24, 2.45) is 0 Å². The highest BCUT2D eigenvalue weighted by molar-refractivity contribution is 7.15. The molecule has 0 aliphatic rings. The molecule has 0 saturated carbocycles. The lowest BCUT2D eigenvalue weighted by Gasteiger charge is -2.15. The van der Waals surface area contributed by atoms with E-state index in [1.54, 1.807) is 11.3 Å². The molecule has 1 N–H and O–H groups in total. The molecule has 114 valence electrons. The summed E-state index contributed by atoms with van der Waals surface area (Å²) in [6.07, 6.45) is 1.13. The Kier molecular flexibility index (Phi) is 5.70. The van der Waals surface area contributed by atoms with Gasteiger partial charge in [0.25, 0.3) is 0 Å². The second kappa shape index (κ2) is 7.52. The molecule has 3 nitrogen and oxygen atoms in total. The summed E-state index contributed by atoms with van der Waals surface area (Å²) in [6, 6.07) is 6.62. The summed E-state index contributed by atoms with van der Waals surface area (Å²) < 4.78 is 12.9. The van der Waals surface area contributed by atoms with Gasteiger partial charge in [-0.2, -0.15) is 0 Å². The number of hydrogen-bond acceptors (Lipinski definition) is 4. The van der Waals surface area contributed by atoms with Crippen LogP contribution in [-0.4, -0.2) is 18.6 Å². The molecule has 0 atom stereocenters. The van der Waals surface area contributed by atoms with Crippen LogP contribution in [0, 0.1) is 12.7 Å². The molecule has 1 heterocycles. The minimum absolute atomic E-state index is 0.198. The Bertz CT molecular complexity index is 565. The van der Waals surface area contributed by atoms with E-state index in [-0.39, 0.29) is 5.82 Å². The van der Waals surface area contributed by atoms with Gasteiger partial charge in [0, 0.05) is 25.0 Å². The molecule has 0 fully saturated rings. The number of rotatable bonds is 7. The minimum Gasteiger partial charge on any atom is -0.347 e. The Morgan fingerprint density at radius 2 is 2.00 bits per heavy atom. The molecule has 0 aliphatic heterocycles. The van der Waals surface area contributed by atoms with Crippen LogP contribution in [0.15, 0.2) is 24.3 Å². The third-order valence-corrected chi connectivity index (χ3v) is 4.52. The molecule has 5 heteroatoms. The van der Waals surface area contributed by atoms with Gasteiger partial charge in [0.15, 0.2) is 5.13 Å². The fourth-order valence-corrected chi connectivity index (χ4v) is 3.04. The van der Waals surface area contributed by atoms with Gasteiger partial charge in [0.05, 0.1) is 5.69 Å². The maximum atomic E-state index is 12.9. The molecule has 0 aliphatic carbocycles. The van der Waals surface area contributed by atoms with Crippen LogP contribution < -0.4 is 10.2 Å². The highest BCUT2D eigenvalue weighted by atomic mass is 32.1. The van der Waals surface area contributed by atoms with Crippen molar-refractivity contribution < 1.29 is 4.39 Å². The number of thiazole rings is 1. The number of nitrogens with zero attached hydrogens (tertiary/aromatic N) is 2. The van der Waals surface area contributed by atoms with Crippen molar-refractivity contribution in [2.45, 2.75) is 33.4 Å². The zero-order valence-corrected chi connectivity index (χ0v) is 13.6. The molecule has 2 rings (SSSR count). The van der Waals surface area contributed by atoms with Crippen LogP contribution in [-0.2, 0) is 13.1 Å². The molecule has 0 radical (unpaired) electrons. The zero-order chi connectivity index (χ0) is 15.2. The van der Waals surface area contributed by atoms with Gasteiger partial charge in [-0.25, -0.2) is 9.37 Å². The van der Waals surface area contributed by atoms with E-state index >= 15 is 0 Å². The smallest absolute Gasteiger partial charge is 0.185 e. The molecule has 0 unspecified atom stereocenters. The fourth-order valence-electron chi connectivity index (χ4n) is 2.05. The first-order valence-electron chi connectivity index (χ1n) is 7.22. The van der Waals surface area contributed by atoms with Gasteiger partial charge in [-0.15, -0.1) is 11.3 Å². The summed E-state index contributed by atoms with van der Waals surface area (Å²) in [6.45, 7) is 6.85. The summed E-state index contributed by atoms with van der Waals surface area (Å²) in [5.74, 6) is -0.198. The maximum absolute atomic E-state index is 12.9. The normalized spacial score (nSPS) is 10.9. The summed E-state index contributed by atoms with van der Waals surface area (Å²) in [7, 11) is 2.02. The number of hydrogen-bond donors (Lipinski definition) is 1. The van der Waals surface area contributed by atoms with Crippen molar-refractivity contribution in [1.82, 2.24) is 10.3 Å². The van der Waals surface area contributed by atoms with Gasteiger partial charge < -0.3 is 10.2 Å². The van der Waals surface area contributed by atoms with E-state index in [4.69, 9.17) is 0 Å². The Balaban J connectivity index is 2.00. The second-order valence-electron chi connectivity index (χ2n) is 5.16. The molecule has 0 saturated heterocycles. The van der Waals surface area contributed by atoms with Crippen molar-refractivity contribution >= 4 is 16.5 Å². The molecular formula is C16H22FN3S. The van der Waals surface area contributed by atoms with Crippen LogP contribution in [0.4, 0.5) is 9.52 Å². The summed E-state index contributed by atoms with van der Waals surface area (Å²) in [5, 5.41) is 4.42. The number of benzene rings is 1. The molecule has 0 bridgehead atoms. The Hall–Kier alpha value is -1.46. The molecule has 21 heavy (non-hydrogen) atoms. The molecular weight excluding hydrogens is 285 g/mol. The van der Waals surface area contributed by atoms with E-state index in [0.29, 0.717) is 0 Å². The predicted octanol–water partition coefficient (Wildman–Crippen LogP) is 3.73. The topological polar surface area (TPSA) is 28.2 Å². The standard InChI is InChI=1S/C16H22FN3S/c1-4-9-18-10-15-12(2)19-16(21-15)20(3)11-13-5-7-14(17)8-6-13/h5-8,18H,4,9-11H2,1-3H3. The van der Waals surface area contributed by atoms with E-state index in [2.05, 4.69) is 29.0 Å². The Morgan fingerprint density at radius 1 is 1.29 bits per heavy atom. The average molecular weight is 307 g/mol. The number of aryl methyl sites for hydroxylation is 1. The minimum atomic E-state index is -0.198. The molecule has 0 spiro atoms. The average Bonchev–Trinajstić information content (AvgIpc) is 2.83. The van der Waals surface area contributed by atoms with Gasteiger partial charge >= 0.3 is 0 Å². The van der Waals surface area contributed by atoms with E-state index < -0.39 is 0 Å². The molecule has 1 aromatic heterocycles. The van der Waals surface area contributed by atoms with E-state index in [1.807, 2.05) is 19.2 Å². The zero-order valence-electron chi connectivity index (χ0n) is 12.8. The lowest BCUT2D eigenvalue weighted by atomic mass is 10.2. The van der Waals surface area contributed by atoms with Crippen LogP contribution in [0.3, 0.4) is 0 Å². The molecule has 0 amide bonds. The van der Waals surface area contributed by atoms with Gasteiger partial charge in [-0.1, -0.05) is 19.1 Å². The van der Waals surface area contributed by atoms with E-state index in [0.717, 1.165) is 42.4 Å². The number of halogens is 1. The highest BCUT2D eigenvalue weighted by Crippen LogP contribution is 2.26. The van der Waals surface area contributed by atoms with Crippen LogP contribution in [0.25, 0.3) is 0 Å². The first kappa shape index (κ1) is 15.9. The molecule has 1 aromatic carbocycles. The summed E-state index contributed by atoms with van der Waals surface area (Å²) in [4.78, 5) is 8.02. The summed E-state index contributed by atoms with van der Waals surface area (Å²) in [5.41, 5.74) is 2.17. The van der Waals surface area contributed by atoms with Gasteiger partial charge in [-0.05, 0) is 37.6 Å². The highest BCUT2D eigenvalue weighted by Gasteiger charge is 2.11. The lowest BCUT2D eigenvalue weighted by Crippen LogP contribution is -2.16. The van der Waals surface area contributed by atoms with Crippen LogP contribution >= 0.6 is 11.3 Å². The number of anilines is 1. The number of nitrogens with one attached hydrogen (secondary N) is 1. The first-order valence-corrected chi connectivity index (χ1v) is 8.04. The first-order chi connectivity index (χ1) is 10.1. The SMILES string of the molecule is CCCNCc1sc(N(C)Cc2ccc(F)cc2)nc1C. The van der Waals surface area contributed by atoms with Gasteiger partial charge in [-0.3, -0.25) is 0 Å². The summed E-state index contributed by atoms with van der Waals surface area (Å²) >= 11 is 1.72. The Morgan fingerprint density at radius 3 is 2.67 bits per heavy atom. The fraction of sp³-hybridized carbons (Fsp3) is 0.438. The van der Waals surface area contributed by atoms with Crippen molar-refractivity contribution in [2.75, 3.05) is 18.5 Å². The predicted molar refractivity (Wildman–Crippen MR) is 87.4 cm³/mol. The third-order valence-electron chi connectivity index (χ3n) is 3.25. The van der Waals surface area contributed by atoms with E-state index in [1.165, 1.54) is 17.0 Å². The van der Waals surface area contributed by atoms with Gasteiger partial charge in [0.1, 0.15) is 5.82 Å². The maximum Gasteiger partial charge on any atom is 0.185 e. The second-order valence-corrected chi connectivity index (χ2v) is 6.23. The van der Waals surface area contributed by atoms with Crippen LogP contribution in [0.1, 0.15) is 29.5 Å². The monoisotopic (exact) mass is 307 g/mol. The van der Waals surface area contributed by atoms with Crippen molar-refractivity contribution in [3.63, 3.8) is 0 Å². The number of aromatic nitrogens is 1. The Labute approximate surface area is 129 Å². The van der Waals surface area contributed by atoms with E-state index in [9.17, 15) is 4.39 Å². The third kappa shape index (κ3) is 4.51. The van der Waals surface area contributed by atoms with Crippen molar-refractivity contribution in [3.05, 3.63) is 46.2 Å². The van der Waals surface area contributed by atoms with Crippen molar-refractivity contribution in [3.8, 4) is 0 Å². The quantitative estimate of drug-likeness (QED) is 0.790.